The molecule has 1 aliphatic heterocycles. The van der Waals surface area contributed by atoms with Crippen molar-refractivity contribution in [3.8, 4) is 0 Å². The Morgan fingerprint density at radius 3 is 2.60 bits per heavy atom. The van der Waals surface area contributed by atoms with Gasteiger partial charge in [0.15, 0.2) is 0 Å². The van der Waals surface area contributed by atoms with Crippen LogP contribution in [0.15, 0.2) is 18.2 Å². The van der Waals surface area contributed by atoms with E-state index in [-0.39, 0.29) is 5.84 Å². The predicted molar refractivity (Wildman–Crippen MR) is 57.1 cm³/mol. The van der Waals surface area contributed by atoms with Crippen LogP contribution in [-0.4, -0.2) is 20.1 Å². The molecule has 1 aromatic carbocycles. The van der Waals surface area contributed by atoms with Crippen LogP contribution in [0.4, 0.5) is 0 Å². The first-order valence-corrected chi connectivity index (χ1v) is 4.79. The topological polar surface area (TPSA) is 54.3 Å². The Labute approximate surface area is 92.7 Å². The number of methoxy groups -OCH3 is 2. The molecule has 0 spiro atoms. The van der Waals surface area contributed by atoms with Gasteiger partial charge in [-0.05, 0) is 6.07 Å². The monoisotopic (exact) mass is 226 g/mol. The molecule has 1 aliphatic rings. The van der Waals surface area contributed by atoms with E-state index in [4.69, 9.17) is 26.5 Å². The lowest BCUT2D eigenvalue weighted by Crippen LogP contribution is -2.42. The Hall–Kier alpha value is -1.10. The molecule has 80 valence electrons. The molecule has 0 amide bonds. The lowest BCUT2D eigenvalue weighted by atomic mass is 10.1. The number of halogens is 1. The number of hydrogen-bond donors (Lipinski definition) is 2. The van der Waals surface area contributed by atoms with Crippen molar-refractivity contribution >= 4 is 17.4 Å². The van der Waals surface area contributed by atoms with Gasteiger partial charge >= 0.3 is 0 Å². The Morgan fingerprint density at radius 1 is 1.33 bits per heavy atom. The SMILES string of the molecule is COC1(OC)NC(=N)c2cccc(Cl)c21. The van der Waals surface area contributed by atoms with E-state index in [2.05, 4.69) is 5.32 Å². The van der Waals surface area contributed by atoms with Crippen molar-refractivity contribution in [3.63, 3.8) is 0 Å². The summed E-state index contributed by atoms with van der Waals surface area (Å²) in [4.78, 5) is 0. The molecule has 2 N–H and O–H groups in total. The van der Waals surface area contributed by atoms with E-state index < -0.39 is 5.91 Å². The molecule has 0 fully saturated rings. The number of hydrogen-bond acceptors (Lipinski definition) is 3. The van der Waals surface area contributed by atoms with Gasteiger partial charge in [-0.25, -0.2) is 0 Å². The van der Waals surface area contributed by atoms with Crippen molar-refractivity contribution in [2.75, 3.05) is 14.2 Å². The van der Waals surface area contributed by atoms with Crippen molar-refractivity contribution < 1.29 is 9.47 Å². The third-order valence-electron chi connectivity index (χ3n) is 2.48. The van der Waals surface area contributed by atoms with E-state index >= 15 is 0 Å². The summed E-state index contributed by atoms with van der Waals surface area (Å²) in [6.45, 7) is 0. The smallest absolute Gasteiger partial charge is 0.280 e. The van der Waals surface area contributed by atoms with Crippen LogP contribution < -0.4 is 5.32 Å². The molecule has 5 heteroatoms. The highest BCUT2D eigenvalue weighted by Gasteiger charge is 2.43. The van der Waals surface area contributed by atoms with Gasteiger partial charge in [0.1, 0.15) is 5.84 Å². The van der Waals surface area contributed by atoms with Crippen LogP contribution in [0.1, 0.15) is 11.1 Å². The van der Waals surface area contributed by atoms with Gasteiger partial charge in [0.25, 0.3) is 5.91 Å². The summed E-state index contributed by atoms with van der Waals surface area (Å²) >= 11 is 6.08. The van der Waals surface area contributed by atoms with Crippen molar-refractivity contribution in [2.24, 2.45) is 0 Å². The summed E-state index contributed by atoms with van der Waals surface area (Å²) in [6.07, 6.45) is 0. The first kappa shape index (κ1) is 10.4. The van der Waals surface area contributed by atoms with Gasteiger partial charge < -0.3 is 14.8 Å². The molecule has 0 bridgehead atoms. The fourth-order valence-corrected chi connectivity index (χ4v) is 2.05. The standard InChI is InChI=1S/C10H11ClN2O2/c1-14-10(15-2)8-6(9(12)13-10)4-3-5-7(8)11/h3-5H,1-2H3,(H2,12,13). The highest BCUT2D eigenvalue weighted by atomic mass is 35.5. The minimum atomic E-state index is -1.13. The average molecular weight is 227 g/mol. The molecule has 0 aliphatic carbocycles. The molecule has 15 heavy (non-hydrogen) atoms. The number of fused-ring (bicyclic) bond motifs is 1. The molecule has 4 nitrogen and oxygen atoms in total. The molecule has 0 unspecified atom stereocenters. The average Bonchev–Trinajstić information content (AvgIpc) is 2.54. The van der Waals surface area contributed by atoms with Gasteiger partial charge in [-0.1, -0.05) is 23.7 Å². The number of benzene rings is 1. The maximum Gasteiger partial charge on any atom is 0.280 e. The fraction of sp³-hybridized carbons (Fsp3) is 0.300. The maximum absolute atomic E-state index is 7.76. The molecule has 0 saturated carbocycles. The van der Waals surface area contributed by atoms with Crippen LogP contribution >= 0.6 is 11.6 Å². The molecule has 0 saturated heterocycles. The van der Waals surface area contributed by atoms with Crippen LogP contribution in [0.2, 0.25) is 5.02 Å². The number of amidine groups is 1. The zero-order valence-corrected chi connectivity index (χ0v) is 9.18. The lowest BCUT2D eigenvalue weighted by molar-refractivity contribution is -0.223. The van der Waals surface area contributed by atoms with Crippen molar-refractivity contribution in [3.05, 3.63) is 34.3 Å². The van der Waals surface area contributed by atoms with E-state index in [1.807, 2.05) is 0 Å². The molecule has 1 aromatic rings. The molecule has 0 aromatic heterocycles. The lowest BCUT2D eigenvalue weighted by Gasteiger charge is -2.27. The normalized spacial score (nSPS) is 17.4. The van der Waals surface area contributed by atoms with E-state index in [1.165, 1.54) is 14.2 Å². The summed E-state index contributed by atoms with van der Waals surface area (Å²) in [6, 6.07) is 5.34. The van der Waals surface area contributed by atoms with Gasteiger partial charge in [-0.2, -0.15) is 0 Å². The van der Waals surface area contributed by atoms with E-state index in [0.29, 0.717) is 16.1 Å². The van der Waals surface area contributed by atoms with Crippen LogP contribution in [0.3, 0.4) is 0 Å². The quantitative estimate of drug-likeness (QED) is 0.755. The second-order valence-electron chi connectivity index (χ2n) is 3.19. The van der Waals surface area contributed by atoms with Crippen molar-refractivity contribution in [1.82, 2.24) is 5.32 Å². The number of nitrogens with one attached hydrogen (secondary N) is 2. The Kier molecular flexibility index (Phi) is 2.42. The summed E-state index contributed by atoms with van der Waals surface area (Å²) in [5.74, 6) is -0.888. The van der Waals surface area contributed by atoms with Gasteiger partial charge in [0, 0.05) is 19.8 Å². The van der Waals surface area contributed by atoms with Gasteiger partial charge in [0.2, 0.25) is 0 Å². The second-order valence-corrected chi connectivity index (χ2v) is 3.59. The van der Waals surface area contributed by atoms with Crippen molar-refractivity contribution in [2.45, 2.75) is 5.91 Å². The van der Waals surface area contributed by atoms with Crippen LogP contribution in [0, 0.1) is 5.41 Å². The van der Waals surface area contributed by atoms with Gasteiger partial charge in [0.05, 0.1) is 10.6 Å². The van der Waals surface area contributed by atoms with Crippen LogP contribution in [0.25, 0.3) is 0 Å². The van der Waals surface area contributed by atoms with Crippen LogP contribution in [0.5, 0.6) is 0 Å². The third-order valence-corrected chi connectivity index (χ3v) is 2.79. The van der Waals surface area contributed by atoms with Gasteiger partial charge in [-0.15, -0.1) is 0 Å². The summed E-state index contributed by atoms with van der Waals surface area (Å²) in [7, 11) is 3.00. The zero-order valence-electron chi connectivity index (χ0n) is 8.43. The second kappa shape index (κ2) is 3.48. The summed E-state index contributed by atoms with van der Waals surface area (Å²) in [5.41, 5.74) is 1.35. The molecular weight excluding hydrogens is 216 g/mol. The highest BCUT2D eigenvalue weighted by molar-refractivity contribution is 6.32. The van der Waals surface area contributed by atoms with Gasteiger partial charge in [-0.3, -0.25) is 5.41 Å². The Morgan fingerprint density at radius 2 is 2.00 bits per heavy atom. The fourth-order valence-electron chi connectivity index (χ4n) is 1.75. The minimum Gasteiger partial charge on any atom is -0.332 e. The van der Waals surface area contributed by atoms with E-state index in [0.717, 1.165) is 0 Å². The molecule has 0 atom stereocenters. The Bertz CT molecular complexity index is 416. The molecular formula is C10H11ClN2O2. The Balaban J connectivity index is 2.67. The largest absolute Gasteiger partial charge is 0.332 e. The minimum absolute atomic E-state index is 0.246. The third kappa shape index (κ3) is 1.33. The molecule has 1 heterocycles. The predicted octanol–water partition coefficient (Wildman–Crippen LogP) is 1.67. The summed E-state index contributed by atoms with van der Waals surface area (Å²) in [5, 5.41) is 11.1. The van der Waals surface area contributed by atoms with Crippen molar-refractivity contribution in [1.29, 1.82) is 5.41 Å². The summed E-state index contributed by atoms with van der Waals surface area (Å²) < 4.78 is 10.5. The molecule has 2 rings (SSSR count). The van der Waals surface area contributed by atoms with E-state index in [9.17, 15) is 0 Å². The zero-order chi connectivity index (χ0) is 11.1. The highest BCUT2D eigenvalue weighted by Crippen LogP contribution is 2.37. The number of rotatable bonds is 2. The van der Waals surface area contributed by atoms with E-state index in [1.54, 1.807) is 18.2 Å². The first-order valence-electron chi connectivity index (χ1n) is 4.41. The first-order chi connectivity index (χ1) is 7.14. The number of ether oxygens (including phenoxy) is 2. The maximum atomic E-state index is 7.76. The molecule has 0 radical (unpaired) electrons. The van der Waals surface area contributed by atoms with Crippen LogP contribution in [-0.2, 0) is 15.4 Å².